The summed E-state index contributed by atoms with van der Waals surface area (Å²) in [5.41, 5.74) is 0.683. The standard InChI is InChI=1S/C15H13ClN4OS/c16-12-4-1-5-13(10-12)20(9-2-6-17)14(21)11-22-15-18-7-3-8-19-15/h1,3-5,7-8,10H,2,9,11H2. The number of benzene rings is 1. The molecule has 22 heavy (non-hydrogen) atoms. The molecule has 1 aromatic carbocycles. The number of anilines is 1. The number of hydrogen-bond donors (Lipinski definition) is 0. The van der Waals surface area contributed by atoms with Crippen molar-refractivity contribution in [3.63, 3.8) is 0 Å². The summed E-state index contributed by atoms with van der Waals surface area (Å²) in [6.07, 6.45) is 3.51. The average molecular weight is 333 g/mol. The van der Waals surface area contributed by atoms with E-state index in [1.54, 1.807) is 47.6 Å². The molecule has 2 aromatic rings. The third-order valence-electron chi connectivity index (χ3n) is 2.73. The zero-order valence-electron chi connectivity index (χ0n) is 11.6. The van der Waals surface area contributed by atoms with E-state index in [2.05, 4.69) is 16.0 Å². The van der Waals surface area contributed by atoms with E-state index in [-0.39, 0.29) is 18.1 Å². The monoisotopic (exact) mass is 332 g/mol. The first kappa shape index (κ1) is 16.3. The minimum Gasteiger partial charge on any atom is -0.311 e. The maximum Gasteiger partial charge on any atom is 0.237 e. The van der Waals surface area contributed by atoms with Crippen molar-refractivity contribution < 1.29 is 4.79 Å². The third kappa shape index (κ3) is 4.72. The highest BCUT2D eigenvalue weighted by atomic mass is 35.5. The number of nitrogens with zero attached hydrogens (tertiary/aromatic N) is 4. The molecule has 0 atom stereocenters. The van der Waals surface area contributed by atoms with Gasteiger partial charge in [-0.15, -0.1) is 0 Å². The summed E-state index contributed by atoms with van der Waals surface area (Å²) in [4.78, 5) is 22.1. The molecule has 5 nitrogen and oxygen atoms in total. The number of hydrogen-bond acceptors (Lipinski definition) is 5. The summed E-state index contributed by atoms with van der Waals surface area (Å²) in [6.45, 7) is 0.325. The van der Waals surface area contributed by atoms with E-state index in [1.165, 1.54) is 11.8 Å². The number of amides is 1. The summed E-state index contributed by atoms with van der Waals surface area (Å²) in [7, 11) is 0. The Hall–Kier alpha value is -2.10. The number of carbonyl (C=O) groups is 1. The Labute approximate surface area is 137 Å². The van der Waals surface area contributed by atoms with Crippen LogP contribution >= 0.6 is 23.4 Å². The molecule has 0 aliphatic heterocycles. The molecule has 0 aliphatic carbocycles. The zero-order valence-corrected chi connectivity index (χ0v) is 13.2. The maximum atomic E-state index is 12.4. The number of rotatable bonds is 6. The number of carbonyl (C=O) groups excluding carboxylic acids is 1. The molecule has 0 N–H and O–H groups in total. The molecule has 0 fully saturated rings. The van der Waals surface area contributed by atoms with Crippen LogP contribution in [0, 0.1) is 11.3 Å². The molecule has 1 aromatic heterocycles. The van der Waals surface area contributed by atoms with E-state index in [9.17, 15) is 4.79 Å². The predicted molar refractivity (Wildman–Crippen MR) is 86.8 cm³/mol. The van der Waals surface area contributed by atoms with E-state index in [0.29, 0.717) is 22.4 Å². The molecule has 2 rings (SSSR count). The van der Waals surface area contributed by atoms with E-state index < -0.39 is 0 Å². The lowest BCUT2D eigenvalue weighted by atomic mass is 10.2. The van der Waals surface area contributed by atoms with Gasteiger partial charge in [0, 0.05) is 29.6 Å². The minimum atomic E-state index is -0.116. The SMILES string of the molecule is N#CCCN(C(=O)CSc1ncccn1)c1cccc(Cl)c1. The normalized spacial score (nSPS) is 10.0. The molecule has 1 heterocycles. The quantitative estimate of drug-likeness (QED) is 0.600. The molecule has 0 radical (unpaired) electrons. The van der Waals surface area contributed by atoms with Gasteiger partial charge < -0.3 is 4.90 Å². The Balaban J connectivity index is 2.08. The van der Waals surface area contributed by atoms with Crippen LogP contribution in [0.4, 0.5) is 5.69 Å². The van der Waals surface area contributed by atoms with E-state index in [1.807, 2.05) is 0 Å². The lowest BCUT2D eigenvalue weighted by molar-refractivity contribution is -0.116. The fourth-order valence-electron chi connectivity index (χ4n) is 1.77. The van der Waals surface area contributed by atoms with Crippen LogP contribution in [0.2, 0.25) is 5.02 Å². The van der Waals surface area contributed by atoms with Gasteiger partial charge in [-0.05, 0) is 24.3 Å². The van der Waals surface area contributed by atoms with Crippen molar-refractivity contribution in [2.45, 2.75) is 11.6 Å². The highest BCUT2D eigenvalue weighted by Crippen LogP contribution is 2.21. The molecule has 0 bridgehead atoms. The van der Waals surface area contributed by atoms with Crippen LogP contribution in [0.3, 0.4) is 0 Å². The topological polar surface area (TPSA) is 69.9 Å². The van der Waals surface area contributed by atoms with Crippen molar-refractivity contribution in [2.75, 3.05) is 17.2 Å². The third-order valence-corrected chi connectivity index (χ3v) is 3.83. The summed E-state index contributed by atoms with van der Waals surface area (Å²) >= 11 is 7.23. The molecule has 7 heteroatoms. The number of aromatic nitrogens is 2. The molecule has 0 saturated carbocycles. The van der Waals surface area contributed by atoms with Crippen LogP contribution in [0.15, 0.2) is 47.9 Å². The van der Waals surface area contributed by atoms with Gasteiger partial charge in [-0.25, -0.2) is 9.97 Å². The van der Waals surface area contributed by atoms with Gasteiger partial charge in [-0.2, -0.15) is 5.26 Å². The van der Waals surface area contributed by atoms with Crippen LogP contribution in [0.1, 0.15) is 6.42 Å². The lowest BCUT2D eigenvalue weighted by Crippen LogP contribution is -2.33. The Morgan fingerprint density at radius 1 is 1.32 bits per heavy atom. The van der Waals surface area contributed by atoms with Gasteiger partial charge in [0.15, 0.2) is 5.16 Å². The first-order chi connectivity index (χ1) is 10.7. The fourth-order valence-corrected chi connectivity index (χ4v) is 2.63. The largest absolute Gasteiger partial charge is 0.311 e. The van der Waals surface area contributed by atoms with Crippen LogP contribution in [-0.4, -0.2) is 28.2 Å². The van der Waals surface area contributed by atoms with Gasteiger partial charge in [-0.3, -0.25) is 4.79 Å². The molecule has 0 saturated heterocycles. The number of nitriles is 1. The van der Waals surface area contributed by atoms with Gasteiger partial charge in [0.2, 0.25) is 5.91 Å². The molecule has 0 unspecified atom stereocenters. The first-order valence-corrected chi connectivity index (χ1v) is 7.90. The lowest BCUT2D eigenvalue weighted by Gasteiger charge is -2.21. The second kappa shape index (κ2) is 8.37. The summed E-state index contributed by atoms with van der Waals surface area (Å²) < 4.78 is 0. The second-order valence-corrected chi connectivity index (χ2v) is 5.63. The fraction of sp³-hybridized carbons (Fsp3) is 0.200. The van der Waals surface area contributed by atoms with Gasteiger partial charge in [0.05, 0.1) is 18.2 Å². The Morgan fingerprint density at radius 2 is 2.09 bits per heavy atom. The van der Waals surface area contributed by atoms with Gasteiger partial charge in [0.25, 0.3) is 0 Å². The molecule has 1 amide bonds. The molecular weight excluding hydrogens is 320 g/mol. The Kier molecular flexibility index (Phi) is 6.19. The predicted octanol–water partition coefficient (Wildman–Crippen LogP) is 3.17. The number of thioether (sulfide) groups is 1. The summed E-state index contributed by atoms with van der Waals surface area (Å²) in [5.74, 6) is 0.0806. The van der Waals surface area contributed by atoms with Crippen LogP contribution in [-0.2, 0) is 4.79 Å². The highest BCUT2D eigenvalue weighted by molar-refractivity contribution is 7.99. The highest BCUT2D eigenvalue weighted by Gasteiger charge is 2.16. The van der Waals surface area contributed by atoms with Crippen LogP contribution in [0.5, 0.6) is 0 Å². The summed E-state index contributed by atoms with van der Waals surface area (Å²) in [5, 5.41) is 9.86. The maximum absolute atomic E-state index is 12.4. The van der Waals surface area contributed by atoms with E-state index >= 15 is 0 Å². The van der Waals surface area contributed by atoms with Crippen molar-refractivity contribution in [2.24, 2.45) is 0 Å². The van der Waals surface area contributed by atoms with Crippen molar-refractivity contribution >= 4 is 35.0 Å². The summed E-state index contributed by atoms with van der Waals surface area (Å²) in [6, 6.07) is 10.8. The van der Waals surface area contributed by atoms with Crippen molar-refractivity contribution in [1.82, 2.24) is 9.97 Å². The molecular formula is C15H13ClN4OS. The Morgan fingerprint density at radius 3 is 2.77 bits per heavy atom. The number of halogens is 1. The smallest absolute Gasteiger partial charge is 0.237 e. The first-order valence-electron chi connectivity index (χ1n) is 6.53. The average Bonchev–Trinajstić information content (AvgIpc) is 2.54. The van der Waals surface area contributed by atoms with E-state index in [0.717, 1.165) is 0 Å². The molecule has 112 valence electrons. The van der Waals surface area contributed by atoms with Crippen LogP contribution in [0.25, 0.3) is 0 Å². The van der Waals surface area contributed by atoms with Crippen molar-refractivity contribution in [3.05, 3.63) is 47.7 Å². The van der Waals surface area contributed by atoms with Gasteiger partial charge in [-0.1, -0.05) is 29.4 Å². The van der Waals surface area contributed by atoms with Crippen molar-refractivity contribution in [3.8, 4) is 6.07 Å². The molecule has 0 aliphatic rings. The minimum absolute atomic E-state index is 0.116. The van der Waals surface area contributed by atoms with Crippen molar-refractivity contribution in [1.29, 1.82) is 5.26 Å². The van der Waals surface area contributed by atoms with Gasteiger partial charge >= 0.3 is 0 Å². The Bertz CT molecular complexity index is 675. The van der Waals surface area contributed by atoms with E-state index in [4.69, 9.17) is 16.9 Å². The second-order valence-electron chi connectivity index (χ2n) is 4.25. The molecule has 0 spiro atoms. The van der Waals surface area contributed by atoms with Crippen LogP contribution < -0.4 is 4.90 Å². The van der Waals surface area contributed by atoms with Gasteiger partial charge in [0.1, 0.15) is 0 Å². The zero-order chi connectivity index (χ0) is 15.8.